The van der Waals surface area contributed by atoms with Gasteiger partial charge in [0.05, 0.1) is 16.6 Å². The monoisotopic (exact) mass is 295 g/mol. The molecular weight excluding hydrogens is 278 g/mol. The maximum Gasteiger partial charge on any atom is 0.337 e. The van der Waals surface area contributed by atoms with Gasteiger partial charge in [-0.1, -0.05) is 0 Å². The van der Waals surface area contributed by atoms with Gasteiger partial charge in [0, 0.05) is 18.8 Å². The Balaban J connectivity index is 2.05. The van der Waals surface area contributed by atoms with Crippen LogP contribution in [0.2, 0.25) is 0 Å². The Labute approximate surface area is 121 Å². The molecule has 1 aliphatic carbocycles. The van der Waals surface area contributed by atoms with Gasteiger partial charge >= 0.3 is 11.7 Å². The predicted molar refractivity (Wildman–Crippen MR) is 74.3 cm³/mol. The smallest absolute Gasteiger partial charge is 0.337 e. The van der Waals surface area contributed by atoms with E-state index in [-0.39, 0.29) is 23.2 Å². The number of carboxylic acid groups (broad SMARTS) is 1. The lowest BCUT2D eigenvalue weighted by molar-refractivity contribution is -0.384. The minimum atomic E-state index is -1.25. The molecule has 114 valence electrons. The highest BCUT2D eigenvalue weighted by Crippen LogP contribution is 2.27. The number of aliphatic hydroxyl groups is 1. The number of rotatable bonds is 5. The van der Waals surface area contributed by atoms with Crippen molar-refractivity contribution < 1.29 is 19.9 Å². The van der Waals surface area contributed by atoms with Crippen LogP contribution in [0.25, 0.3) is 0 Å². The molecule has 1 aromatic heterocycles. The van der Waals surface area contributed by atoms with E-state index in [1.165, 1.54) is 0 Å². The van der Waals surface area contributed by atoms with Crippen molar-refractivity contribution in [3.05, 3.63) is 27.9 Å². The van der Waals surface area contributed by atoms with Gasteiger partial charge in [0.2, 0.25) is 5.82 Å². The van der Waals surface area contributed by atoms with E-state index in [4.69, 9.17) is 5.11 Å². The van der Waals surface area contributed by atoms with Gasteiger partial charge in [-0.3, -0.25) is 10.1 Å². The fourth-order valence-corrected chi connectivity index (χ4v) is 2.44. The molecule has 0 radical (unpaired) electrons. The first-order chi connectivity index (χ1) is 9.97. The molecule has 8 nitrogen and oxygen atoms in total. The Morgan fingerprint density at radius 1 is 1.43 bits per heavy atom. The van der Waals surface area contributed by atoms with Gasteiger partial charge in [-0.25, -0.2) is 9.78 Å². The van der Waals surface area contributed by atoms with E-state index in [1.807, 2.05) is 0 Å². The fraction of sp³-hybridized carbons (Fsp3) is 0.538. The zero-order chi connectivity index (χ0) is 15.4. The van der Waals surface area contributed by atoms with Crippen molar-refractivity contribution in [1.82, 2.24) is 4.98 Å². The van der Waals surface area contributed by atoms with Gasteiger partial charge in [-0.05, 0) is 31.6 Å². The van der Waals surface area contributed by atoms with E-state index in [1.54, 1.807) is 0 Å². The summed E-state index contributed by atoms with van der Waals surface area (Å²) in [6.45, 7) is 0.521. The lowest BCUT2D eigenvalue weighted by atomic mass is 9.87. The lowest BCUT2D eigenvalue weighted by Gasteiger charge is -2.25. The van der Waals surface area contributed by atoms with E-state index in [9.17, 15) is 20.0 Å². The summed E-state index contributed by atoms with van der Waals surface area (Å²) in [5.74, 6) is -0.844. The van der Waals surface area contributed by atoms with Crippen molar-refractivity contribution in [2.75, 3.05) is 11.9 Å². The number of carboxylic acids is 1. The largest absolute Gasteiger partial charge is 0.478 e. The van der Waals surface area contributed by atoms with Gasteiger partial charge in [0.15, 0.2) is 0 Å². The molecule has 0 bridgehead atoms. The zero-order valence-corrected chi connectivity index (χ0v) is 11.4. The first-order valence-electron chi connectivity index (χ1n) is 6.77. The number of nitrogens with zero attached hydrogens (tertiary/aromatic N) is 2. The van der Waals surface area contributed by atoms with Gasteiger partial charge < -0.3 is 15.5 Å². The molecule has 0 spiro atoms. The Hall–Kier alpha value is -2.22. The van der Waals surface area contributed by atoms with Gasteiger partial charge in [0.1, 0.15) is 0 Å². The van der Waals surface area contributed by atoms with Crippen molar-refractivity contribution in [3.63, 3.8) is 0 Å². The maximum absolute atomic E-state index is 11.0. The molecule has 1 saturated carbocycles. The number of carbonyl (C=O) groups is 1. The number of pyridine rings is 1. The van der Waals surface area contributed by atoms with Crippen LogP contribution in [0, 0.1) is 16.0 Å². The minimum Gasteiger partial charge on any atom is -0.478 e. The molecule has 21 heavy (non-hydrogen) atoms. The van der Waals surface area contributed by atoms with Crippen LogP contribution in [-0.4, -0.2) is 38.7 Å². The fourth-order valence-electron chi connectivity index (χ4n) is 2.44. The van der Waals surface area contributed by atoms with Gasteiger partial charge in [-0.15, -0.1) is 0 Å². The molecule has 1 aliphatic rings. The Bertz CT molecular complexity index is 541. The molecule has 1 heterocycles. The number of anilines is 1. The second kappa shape index (κ2) is 6.49. The van der Waals surface area contributed by atoms with E-state index < -0.39 is 10.9 Å². The summed E-state index contributed by atoms with van der Waals surface area (Å²) in [6.07, 6.45) is 4.04. The molecule has 3 N–H and O–H groups in total. The zero-order valence-electron chi connectivity index (χ0n) is 11.4. The summed E-state index contributed by atoms with van der Waals surface area (Å²) >= 11 is 0. The van der Waals surface area contributed by atoms with Gasteiger partial charge in [0.25, 0.3) is 0 Å². The topological polar surface area (TPSA) is 126 Å². The van der Waals surface area contributed by atoms with E-state index in [0.717, 1.165) is 37.9 Å². The molecule has 0 aliphatic heterocycles. The molecule has 1 fully saturated rings. The standard InChI is InChI=1S/C13H17N3O5/c17-10-3-1-8(2-4-10)6-14-12-11(16(20)21)5-9(7-15-12)13(18)19/h5,7-8,10,17H,1-4,6H2,(H,14,15)(H,18,19). The maximum atomic E-state index is 11.0. The third-order valence-corrected chi connectivity index (χ3v) is 3.69. The van der Waals surface area contributed by atoms with Crippen LogP contribution in [0.15, 0.2) is 12.3 Å². The Morgan fingerprint density at radius 3 is 2.67 bits per heavy atom. The Morgan fingerprint density at radius 2 is 2.10 bits per heavy atom. The van der Waals surface area contributed by atoms with E-state index in [2.05, 4.69) is 10.3 Å². The molecule has 0 atom stereocenters. The average Bonchev–Trinajstić information content (AvgIpc) is 2.46. The molecule has 2 rings (SSSR count). The molecule has 8 heteroatoms. The van der Waals surface area contributed by atoms with Crippen LogP contribution in [-0.2, 0) is 0 Å². The van der Waals surface area contributed by atoms with Crippen LogP contribution in [0.5, 0.6) is 0 Å². The summed E-state index contributed by atoms with van der Waals surface area (Å²) in [5, 5.41) is 32.2. The van der Waals surface area contributed by atoms with Crippen LogP contribution in [0.3, 0.4) is 0 Å². The molecule has 0 amide bonds. The second-order valence-corrected chi connectivity index (χ2v) is 5.21. The highest BCUT2D eigenvalue weighted by atomic mass is 16.6. The summed E-state index contributed by atoms with van der Waals surface area (Å²) in [7, 11) is 0. The van der Waals surface area contributed by atoms with Crippen LogP contribution in [0.1, 0.15) is 36.0 Å². The highest BCUT2D eigenvalue weighted by molar-refractivity contribution is 5.88. The first kappa shape index (κ1) is 15.2. The summed E-state index contributed by atoms with van der Waals surface area (Å²) in [4.78, 5) is 25.0. The predicted octanol–water partition coefficient (Wildman–Crippen LogP) is 1.65. The number of nitrogens with one attached hydrogen (secondary N) is 1. The molecule has 0 aromatic carbocycles. The normalized spacial score (nSPS) is 21.8. The summed E-state index contributed by atoms with van der Waals surface area (Å²) in [5.41, 5.74) is -0.557. The number of nitro groups is 1. The quantitative estimate of drug-likeness (QED) is 0.557. The molecule has 0 unspecified atom stereocenters. The van der Waals surface area contributed by atoms with Crippen molar-refractivity contribution >= 4 is 17.5 Å². The van der Waals surface area contributed by atoms with E-state index >= 15 is 0 Å². The molecular formula is C13H17N3O5. The summed E-state index contributed by atoms with van der Waals surface area (Å²) < 4.78 is 0. The second-order valence-electron chi connectivity index (χ2n) is 5.21. The number of hydrogen-bond acceptors (Lipinski definition) is 6. The SMILES string of the molecule is O=C(O)c1cnc(NCC2CCC(O)CC2)c([N+](=O)[O-])c1. The first-order valence-corrected chi connectivity index (χ1v) is 6.77. The van der Waals surface area contributed by atoms with Crippen LogP contribution >= 0.6 is 0 Å². The van der Waals surface area contributed by atoms with Crippen LogP contribution in [0.4, 0.5) is 11.5 Å². The van der Waals surface area contributed by atoms with Crippen molar-refractivity contribution in [2.24, 2.45) is 5.92 Å². The lowest BCUT2D eigenvalue weighted by Crippen LogP contribution is -2.24. The third kappa shape index (κ3) is 3.88. The van der Waals surface area contributed by atoms with Crippen molar-refractivity contribution in [1.29, 1.82) is 0 Å². The molecule has 0 saturated heterocycles. The highest BCUT2D eigenvalue weighted by Gasteiger charge is 2.22. The minimum absolute atomic E-state index is 0.0797. The Kier molecular flexibility index (Phi) is 4.69. The number of hydrogen-bond donors (Lipinski definition) is 3. The van der Waals surface area contributed by atoms with Crippen molar-refractivity contribution in [3.8, 4) is 0 Å². The molecule has 1 aromatic rings. The number of aromatic nitrogens is 1. The van der Waals surface area contributed by atoms with Crippen molar-refractivity contribution in [2.45, 2.75) is 31.8 Å². The summed E-state index contributed by atoms with van der Waals surface area (Å²) in [6, 6.07) is 1.00. The van der Waals surface area contributed by atoms with E-state index in [0.29, 0.717) is 12.5 Å². The number of aliphatic hydroxyl groups excluding tert-OH is 1. The average molecular weight is 295 g/mol. The third-order valence-electron chi connectivity index (χ3n) is 3.69. The van der Waals surface area contributed by atoms with Crippen LogP contribution < -0.4 is 5.32 Å². The van der Waals surface area contributed by atoms with Gasteiger partial charge in [-0.2, -0.15) is 0 Å². The number of aromatic carboxylic acids is 1.